The minimum atomic E-state index is -5.55. The summed E-state index contributed by atoms with van der Waals surface area (Å²) in [5.41, 5.74) is -3.12. The second-order valence-electron chi connectivity index (χ2n) is 7.47. The summed E-state index contributed by atoms with van der Waals surface area (Å²) in [6.45, 7) is 0.401. The zero-order chi connectivity index (χ0) is 22.9. The maximum Gasteiger partial charge on any atom is 0.516 e. The number of aromatic nitrogens is 1. The largest absolute Gasteiger partial charge is 0.516 e. The SMILES string of the molecule is O=S(=O)(Nc1ccccc1-c1ccc2c(c1)OC[C@H](Cc1ccc(F)cn1)C2)C(F)(F)F. The highest BCUT2D eigenvalue weighted by molar-refractivity contribution is 7.93. The lowest BCUT2D eigenvalue weighted by molar-refractivity contribution is -0.0429. The molecule has 0 bridgehead atoms. The molecule has 0 fully saturated rings. The van der Waals surface area contributed by atoms with Gasteiger partial charge in [-0.1, -0.05) is 30.3 Å². The highest BCUT2D eigenvalue weighted by atomic mass is 32.2. The van der Waals surface area contributed by atoms with Gasteiger partial charge in [-0.15, -0.1) is 0 Å². The lowest BCUT2D eigenvalue weighted by Gasteiger charge is -2.26. The van der Waals surface area contributed by atoms with Gasteiger partial charge in [0.05, 0.1) is 18.5 Å². The van der Waals surface area contributed by atoms with Crippen molar-refractivity contribution >= 4 is 15.7 Å². The lowest BCUT2D eigenvalue weighted by Crippen LogP contribution is -2.30. The number of hydrogen-bond donors (Lipinski definition) is 1. The molecule has 4 rings (SSSR count). The molecule has 0 amide bonds. The van der Waals surface area contributed by atoms with Crippen LogP contribution in [0.4, 0.5) is 23.2 Å². The van der Waals surface area contributed by atoms with E-state index in [0.717, 1.165) is 11.3 Å². The number of nitrogens with one attached hydrogen (secondary N) is 1. The third-order valence-corrected chi connectivity index (χ3v) is 6.22. The zero-order valence-corrected chi connectivity index (χ0v) is 17.4. The monoisotopic (exact) mass is 466 g/mol. The Hall–Kier alpha value is -3.14. The Labute approximate surface area is 182 Å². The van der Waals surface area contributed by atoms with Gasteiger partial charge in [0.25, 0.3) is 0 Å². The Morgan fingerprint density at radius 2 is 1.88 bits per heavy atom. The number of fused-ring (bicyclic) bond motifs is 1. The Balaban J connectivity index is 1.55. The van der Waals surface area contributed by atoms with Crippen LogP contribution >= 0.6 is 0 Å². The van der Waals surface area contributed by atoms with E-state index in [1.807, 2.05) is 6.07 Å². The lowest BCUT2D eigenvalue weighted by atomic mass is 9.91. The van der Waals surface area contributed by atoms with E-state index in [1.54, 1.807) is 29.0 Å². The van der Waals surface area contributed by atoms with Gasteiger partial charge in [0.15, 0.2) is 0 Å². The molecule has 1 aromatic heterocycles. The van der Waals surface area contributed by atoms with Crippen LogP contribution in [0.3, 0.4) is 0 Å². The Bertz CT molecular complexity index is 1230. The number of nitrogens with zero attached hydrogens (tertiary/aromatic N) is 1. The summed E-state index contributed by atoms with van der Waals surface area (Å²) >= 11 is 0. The van der Waals surface area contributed by atoms with Crippen LogP contribution in [0.1, 0.15) is 11.3 Å². The Morgan fingerprint density at radius 1 is 1.09 bits per heavy atom. The number of para-hydroxylation sites is 1. The number of pyridine rings is 1. The molecule has 2 heterocycles. The molecular formula is C22H18F4N2O3S. The number of rotatable bonds is 5. The maximum atomic E-state index is 13.0. The van der Waals surface area contributed by atoms with Crippen LogP contribution in [0, 0.1) is 11.7 Å². The van der Waals surface area contributed by atoms with Crippen molar-refractivity contribution in [1.82, 2.24) is 4.98 Å². The summed E-state index contributed by atoms with van der Waals surface area (Å²) < 4.78 is 82.0. The van der Waals surface area contributed by atoms with Crippen molar-refractivity contribution in [2.75, 3.05) is 11.3 Å². The molecule has 0 radical (unpaired) electrons. The Kier molecular flexibility index (Phi) is 5.81. The molecule has 5 nitrogen and oxygen atoms in total. The van der Waals surface area contributed by atoms with Crippen molar-refractivity contribution in [3.05, 3.63) is 77.9 Å². The second kappa shape index (κ2) is 8.42. The van der Waals surface area contributed by atoms with E-state index in [-0.39, 0.29) is 11.6 Å². The van der Waals surface area contributed by atoms with Crippen molar-refractivity contribution in [2.24, 2.45) is 5.92 Å². The molecule has 32 heavy (non-hydrogen) atoms. The molecular weight excluding hydrogens is 448 g/mol. The number of benzene rings is 2. The number of sulfonamides is 1. The van der Waals surface area contributed by atoms with Crippen LogP contribution in [-0.2, 0) is 22.9 Å². The van der Waals surface area contributed by atoms with Crippen molar-refractivity contribution < 1.29 is 30.7 Å². The highest BCUT2D eigenvalue weighted by Gasteiger charge is 2.46. The predicted molar refractivity (Wildman–Crippen MR) is 111 cm³/mol. The van der Waals surface area contributed by atoms with E-state index in [0.29, 0.717) is 36.3 Å². The van der Waals surface area contributed by atoms with Crippen LogP contribution in [0.5, 0.6) is 5.75 Å². The molecule has 168 valence electrons. The quantitative estimate of drug-likeness (QED) is 0.541. The first-order chi connectivity index (χ1) is 15.1. The fourth-order valence-electron chi connectivity index (χ4n) is 3.58. The minimum absolute atomic E-state index is 0.136. The van der Waals surface area contributed by atoms with Gasteiger partial charge in [-0.3, -0.25) is 9.71 Å². The van der Waals surface area contributed by atoms with Gasteiger partial charge in [-0.25, -0.2) is 4.39 Å². The summed E-state index contributed by atoms with van der Waals surface area (Å²) in [5, 5.41) is 0. The van der Waals surface area contributed by atoms with E-state index < -0.39 is 21.3 Å². The van der Waals surface area contributed by atoms with Crippen molar-refractivity contribution in [3.63, 3.8) is 0 Å². The third kappa shape index (κ3) is 4.69. The summed E-state index contributed by atoms with van der Waals surface area (Å²) in [6, 6.07) is 14.0. The molecule has 0 saturated carbocycles. The van der Waals surface area contributed by atoms with Gasteiger partial charge in [0.2, 0.25) is 0 Å². The first kappa shape index (κ1) is 22.1. The molecule has 1 aliphatic rings. The zero-order valence-electron chi connectivity index (χ0n) is 16.6. The molecule has 0 aliphatic carbocycles. The molecule has 1 atom stereocenters. The predicted octanol–water partition coefficient (Wildman–Crippen LogP) is 4.94. The van der Waals surface area contributed by atoms with Gasteiger partial charge in [0.1, 0.15) is 11.6 Å². The van der Waals surface area contributed by atoms with Crippen LogP contribution in [0.15, 0.2) is 60.8 Å². The number of anilines is 1. The first-order valence-corrected chi connectivity index (χ1v) is 11.2. The van der Waals surface area contributed by atoms with E-state index in [4.69, 9.17) is 4.74 Å². The topological polar surface area (TPSA) is 68.3 Å². The molecule has 0 saturated heterocycles. The first-order valence-electron chi connectivity index (χ1n) is 9.67. The normalized spacial score (nSPS) is 16.2. The van der Waals surface area contributed by atoms with Crippen molar-refractivity contribution in [1.29, 1.82) is 0 Å². The average molecular weight is 466 g/mol. The van der Waals surface area contributed by atoms with Crippen LogP contribution < -0.4 is 9.46 Å². The van der Waals surface area contributed by atoms with Crippen LogP contribution in [-0.4, -0.2) is 25.5 Å². The molecule has 1 aliphatic heterocycles. The van der Waals surface area contributed by atoms with E-state index in [1.165, 1.54) is 30.5 Å². The molecule has 10 heteroatoms. The second-order valence-corrected chi connectivity index (χ2v) is 9.15. The smallest absolute Gasteiger partial charge is 0.493 e. The molecule has 0 unspecified atom stereocenters. The van der Waals surface area contributed by atoms with Crippen molar-refractivity contribution in [2.45, 2.75) is 18.3 Å². The van der Waals surface area contributed by atoms with E-state index in [9.17, 15) is 26.0 Å². The summed E-state index contributed by atoms with van der Waals surface area (Å²) in [5.74, 6) is 0.320. The van der Waals surface area contributed by atoms with Gasteiger partial charge < -0.3 is 4.74 Å². The van der Waals surface area contributed by atoms with Crippen molar-refractivity contribution in [3.8, 4) is 16.9 Å². The number of halogens is 4. The van der Waals surface area contributed by atoms with Gasteiger partial charge >= 0.3 is 15.5 Å². The fourth-order valence-corrected chi connectivity index (χ4v) is 4.17. The van der Waals surface area contributed by atoms with Crippen LogP contribution in [0.25, 0.3) is 11.1 Å². The van der Waals surface area contributed by atoms with Gasteiger partial charge in [-0.2, -0.15) is 21.6 Å². The molecule has 0 spiro atoms. The number of ether oxygens (including phenoxy) is 1. The number of hydrogen-bond acceptors (Lipinski definition) is 4. The minimum Gasteiger partial charge on any atom is -0.493 e. The average Bonchev–Trinajstić information content (AvgIpc) is 2.74. The van der Waals surface area contributed by atoms with E-state index >= 15 is 0 Å². The highest BCUT2D eigenvalue weighted by Crippen LogP contribution is 2.37. The fraction of sp³-hybridized carbons (Fsp3) is 0.227. The van der Waals surface area contributed by atoms with Gasteiger partial charge in [-0.05, 0) is 48.2 Å². The van der Waals surface area contributed by atoms with E-state index in [2.05, 4.69) is 4.98 Å². The van der Waals surface area contributed by atoms with Gasteiger partial charge in [0, 0.05) is 17.2 Å². The maximum absolute atomic E-state index is 13.0. The Morgan fingerprint density at radius 3 is 2.59 bits per heavy atom. The standard InChI is InChI=1S/C22H18F4N2O3S/c23-17-7-8-18(27-12-17)10-14-9-16-6-5-15(11-21(16)31-13-14)19-3-1-2-4-20(19)28-32(29,30)22(24,25)26/h1-8,11-12,14,28H,9-10,13H2/t14-/m0/s1. The summed E-state index contributed by atoms with van der Waals surface area (Å²) in [4.78, 5) is 4.07. The summed E-state index contributed by atoms with van der Waals surface area (Å²) in [7, 11) is -5.55. The molecule has 1 N–H and O–H groups in total. The van der Waals surface area contributed by atoms with Crippen LogP contribution in [0.2, 0.25) is 0 Å². The third-order valence-electron chi connectivity index (χ3n) is 5.12. The summed E-state index contributed by atoms with van der Waals surface area (Å²) in [6.07, 6.45) is 2.48. The molecule has 3 aromatic rings. The molecule has 2 aromatic carbocycles. The number of alkyl halides is 3.